The van der Waals surface area contributed by atoms with Crippen molar-refractivity contribution in [3.05, 3.63) is 72.3 Å². The van der Waals surface area contributed by atoms with E-state index in [0.29, 0.717) is 30.8 Å². The molecular weight excluding hydrogens is 372 g/mol. The van der Waals surface area contributed by atoms with Crippen LogP contribution in [0.3, 0.4) is 0 Å². The third-order valence-electron chi connectivity index (χ3n) is 4.99. The number of rotatable bonds is 6. The number of piperidine rings is 1. The highest BCUT2D eigenvalue weighted by atomic mass is 32.2. The van der Waals surface area contributed by atoms with Crippen molar-refractivity contribution in [1.82, 2.24) is 4.31 Å². The summed E-state index contributed by atoms with van der Waals surface area (Å²) in [5.74, 6) is -0.249. The first-order chi connectivity index (χ1) is 13.4. The summed E-state index contributed by atoms with van der Waals surface area (Å²) in [4.78, 5) is 15.0. The second-order valence-corrected chi connectivity index (χ2v) is 8.89. The van der Waals surface area contributed by atoms with Crippen LogP contribution in [0, 0.1) is 6.92 Å². The Kier molecular flexibility index (Phi) is 6.31. The predicted octanol–water partition coefficient (Wildman–Crippen LogP) is 4.00. The Morgan fingerprint density at radius 1 is 1.11 bits per heavy atom. The number of benzene rings is 2. The average Bonchev–Trinajstić information content (AvgIpc) is 2.73. The number of carbonyl (C=O) groups excluding carboxylic acids is 1. The van der Waals surface area contributed by atoms with E-state index in [1.807, 2.05) is 30.3 Å². The fourth-order valence-electron chi connectivity index (χ4n) is 3.45. The molecule has 0 saturated carbocycles. The fraction of sp³-hybridized carbons (Fsp3) is 0.318. The van der Waals surface area contributed by atoms with Crippen molar-refractivity contribution in [3.8, 4) is 0 Å². The van der Waals surface area contributed by atoms with E-state index < -0.39 is 10.0 Å². The van der Waals surface area contributed by atoms with Crippen LogP contribution in [0.2, 0.25) is 0 Å². The van der Waals surface area contributed by atoms with Gasteiger partial charge in [-0.05, 0) is 49.6 Å². The van der Waals surface area contributed by atoms with Gasteiger partial charge in [0.05, 0.1) is 4.90 Å². The van der Waals surface area contributed by atoms with Gasteiger partial charge in [-0.2, -0.15) is 4.31 Å². The highest BCUT2D eigenvalue weighted by Crippen LogP contribution is 2.26. The summed E-state index contributed by atoms with van der Waals surface area (Å²) >= 11 is 0. The van der Waals surface area contributed by atoms with Crippen molar-refractivity contribution in [3.63, 3.8) is 0 Å². The van der Waals surface area contributed by atoms with E-state index in [9.17, 15) is 13.2 Å². The second kappa shape index (κ2) is 8.71. The molecule has 0 atom stereocenters. The number of para-hydroxylation sites is 1. The lowest BCUT2D eigenvalue weighted by Crippen LogP contribution is -2.36. The number of aryl methyl sites for hydroxylation is 1. The van der Waals surface area contributed by atoms with Gasteiger partial charge in [0.1, 0.15) is 0 Å². The van der Waals surface area contributed by atoms with Gasteiger partial charge >= 0.3 is 0 Å². The first-order valence-corrected chi connectivity index (χ1v) is 11.0. The van der Waals surface area contributed by atoms with E-state index in [1.54, 1.807) is 30.0 Å². The molecule has 3 rings (SSSR count). The topological polar surface area (TPSA) is 57.7 Å². The maximum absolute atomic E-state index is 13.2. The number of nitrogens with zero attached hydrogens (tertiary/aromatic N) is 2. The van der Waals surface area contributed by atoms with Gasteiger partial charge in [-0.1, -0.05) is 36.8 Å². The Hall–Kier alpha value is -2.44. The summed E-state index contributed by atoms with van der Waals surface area (Å²) < 4.78 is 27.8. The first kappa shape index (κ1) is 20.3. The van der Waals surface area contributed by atoms with Crippen LogP contribution in [0.5, 0.6) is 0 Å². The van der Waals surface area contributed by atoms with Gasteiger partial charge in [0.2, 0.25) is 10.0 Å². The predicted molar refractivity (Wildman–Crippen MR) is 112 cm³/mol. The van der Waals surface area contributed by atoms with Crippen LogP contribution in [0.15, 0.2) is 66.1 Å². The SMILES string of the molecule is C=CCN(C(=O)c1ccc(C)c(S(=O)(=O)N2CCCCC2)c1)c1ccccc1. The molecule has 28 heavy (non-hydrogen) atoms. The quantitative estimate of drug-likeness (QED) is 0.691. The van der Waals surface area contributed by atoms with E-state index in [0.717, 1.165) is 24.9 Å². The first-order valence-electron chi connectivity index (χ1n) is 9.54. The van der Waals surface area contributed by atoms with Gasteiger partial charge in [-0.25, -0.2) is 8.42 Å². The van der Waals surface area contributed by atoms with Crippen molar-refractivity contribution < 1.29 is 13.2 Å². The molecule has 1 heterocycles. The Morgan fingerprint density at radius 2 is 1.79 bits per heavy atom. The zero-order valence-electron chi connectivity index (χ0n) is 16.2. The van der Waals surface area contributed by atoms with Gasteiger partial charge in [-0.15, -0.1) is 6.58 Å². The Balaban J connectivity index is 1.97. The van der Waals surface area contributed by atoms with Gasteiger partial charge in [-0.3, -0.25) is 4.79 Å². The minimum absolute atomic E-state index is 0.215. The number of hydrogen-bond acceptors (Lipinski definition) is 3. The minimum atomic E-state index is -3.61. The molecule has 0 aliphatic carbocycles. The zero-order valence-corrected chi connectivity index (χ0v) is 17.0. The summed E-state index contributed by atoms with van der Waals surface area (Å²) in [6.07, 6.45) is 4.46. The van der Waals surface area contributed by atoms with Gasteiger partial charge in [0.25, 0.3) is 5.91 Å². The summed E-state index contributed by atoms with van der Waals surface area (Å²) in [7, 11) is -3.61. The highest BCUT2D eigenvalue weighted by Gasteiger charge is 2.28. The van der Waals surface area contributed by atoms with Crippen LogP contribution < -0.4 is 4.90 Å². The molecule has 148 valence electrons. The third kappa shape index (κ3) is 4.18. The molecule has 1 fully saturated rings. The standard InChI is InChI=1S/C22H26N2O3S/c1-3-14-24(20-10-6-4-7-11-20)22(25)19-13-12-18(2)21(17-19)28(26,27)23-15-8-5-9-16-23/h3-4,6-7,10-13,17H,1,5,8-9,14-16H2,2H3. The molecule has 1 amide bonds. The second-order valence-electron chi connectivity index (χ2n) is 6.99. The van der Waals surface area contributed by atoms with Crippen LogP contribution in [0.25, 0.3) is 0 Å². The summed E-state index contributed by atoms with van der Waals surface area (Å²) in [5.41, 5.74) is 1.75. The van der Waals surface area contributed by atoms with Crippen molar-refractivity contribution >= 4 is 21.6 Å². The molecule has 0 aromatic heterocycles. The van der Waals surface area contributed by atoms with Gasteiger partial charge in [0, 0.05) is 30.9 Å². The molecule has 6 heteroatoms. The zero-order chi connectivity index (χ0) is 20.1. The molecule has 0 N–H and O–H groups in total. The molecule has 0 bridgehead atoms. The molecule has 1 aliphatic rings. The van der Waals surface area contributed by atoms with Crippen LogP contribution in [0.4, 0.5) is 5.69 Å². The Morgan fingerprint density at radius 3 is 2.43 bits per heavy atom. The molecular formula is C22H26N2O3S. The average molecular weight is 399 g/mol. The smallest absolute Gasteiger partial charge is 0.258 e. The maximum Gasteiger partial charge on any atom is 0.258 e. The Labute approximate surface area is 167 Å². The molecule has 0 radical (unpaired) electrons. The fourth-order valence-corrected chi connectivity index (χ4v) is 5.22. The number of sulfonamides is 1. The van der Waals surface area contributed by atoms with E-state index in [-0.39, 0.29) is 10.8 Å². The molecule has 2 aromatic carbocycles. The molecule has 1 aliphatic heterocycles. The van der Waals surface area contributed by atoms with E-state index in [2.05, 4.69) is 6.58 Å². The van der Waals surface area contributed by atoms with Crippen molar-refractivity contribution in [2.45, 2.75) is 31.1 Å². The molecule has 0 spiro atoms. The van der Waals surface area contributed by atoms with E-state index >= 15 is 0 Å². The molecule has 1 saturated heterocycles. The lowest BCUT2D eigenvalue weighted by Gasteiger charge is -2.27. The summed E-state index contributed by atoms with van der Waals surface area (Å²) in [6, 6.07) is 14.2. The maximum atomic E-state index is 13.2. The monoisotopic (exact) mass is 398 g/mol. The number of amides is 1. The lowest BCUT2D eigenvalue weighted by atomic mass is 10.1. The van der Waals surface area contributed by atoms with Crippen LogP contribution in [-0.4, -0.2) is 38.3 Å². The lowest BCUT2D eigenvalue weighted by molar-refractivity contribution is 0.0989. The van der Waals surface area contributed by atoms with E-state index in [1.165, 1.54) is 10.4 Å². The van der Waals surface area contributed by atoms with Gasteiger partial charge < -0.3 is 4.90 Å². The summed E-state index contributed by atoms with van der Waals surface area (Å²) in [6.45, 7) is 6.91. The largest absolute Gasteiger partial charge is 0.305 e. The molecule has 2 aromatic rings. The van der Waals surface area contributed by atoms with Crippen LogP contribution in [-0.2, 0) is 10.0 Å². The van der Waals surface area contributed by atoms with Crippen LogP contribution in [0.1, 0.15) is 35.2 Å². The highest BCUT2D eigenvalue weighted by molar-refractivity contribution is 7.89. The number of carbonyl (C=O) groups is 1. The van der Waals surface area contributed by atoms with Gasteiger partial charge in [0.15, 0.2) is 0 Å². The summed E-state index contributed by atoms with van der Waals surface area (Å²) in [5, 5.41) is 0. The normalized spacial score (nSPS) is 15.2. The van der Waals surface area contributed by atoms with E-state index in [4.69, 9.17) is 0 Å². The van der Waals surface area contributed by atoms with Crippen molar-refractivity contribution in [2.75, 3.05) is 24.5 Å². The minimum Gasteiger partial charge on any atom is -0.305 e. The Bertz CT molecular complexity index is 949. The number of anilines is 1. The van der Waals surface area contributed by atoms with Crippen LogP contribution >= 0.6 is 0 Å². The van der Waals surface area contributed by atoms with Crippen molar-refractivity contribution in [1.29, 1.82) is 0 Å². The third-order valence-corrected chi connectivity index (χ3v) is 7.03. The number of hydrogen-bond donors (Lipinski definition) is 0. The molecule has 5 nitrogen and oxygen atoms in total. The van der Waals surface area contributed by atoms with Crippen molar-refractivity contribution in [2.24, 2.45) is 0 Å². The molecule has 0 unspecified atom stereocenters.